The molecule has 1 N–H and O–H groups in total. The Hall–Kier alpha value is -3.40. The number of anilines is 2. The largest absolute Gasteiger partial charge is 0.323 e. The lowest BCUT2D eigenvalue weighted by Gasteiger charge is -2.51. The second kappa shape index (κ2) is 8.03. The minimum atomic E-state index is -1.08. The monoisotopic (exact) mass is 412 g/mol. The highest BCUT2D eigenvalue weighted by molar-refractivity contribution is 6.17. The van der Waals surface area contributed by atoms with Crippen LogP contribution in [0.25, 0.3) is 0 Å². The molecular formula is C27H28N2O2. The third kappa shape index (κ3) is 3.52. The maximum absolute atomic E-state index is 13.8. The molecule has 3 aromatic rings. The molecule has 4 heteroatoms. The number of amides is 2. The predicted molar refractivity (Wildman–Crippen MR) is 125 cm³/mol. The SMILES string of the molecule is Cc1ccccc1NC(=O)C1(c2ccc(C(C)C)cc2)CC(=O)N1c1ccccc1C. The number of carbonyl (C=O) groups excluding carboxylic acids is 2. The van der Waals surface area contributed by atoms with Crippen LogP contribution < -0.4 is 10.2 Å². The van der Waals surface area contributed by atoms with Crippen LogP contribution in [0.4, 0.5) is 11.4 Å². The van der Waals surface area contributed by atoms with Crippen molar-refractivity contribution >= 4 is 23.2 Å². The normalized spacial score (nSPS) is 18.1. The molecule has 158 valence electrons. The van der Waals surface area contributed by atoms with Crippen LogP contribution in [0.3, 0.4) is 0 Å². The number of benzene rings is 3. The first-order valence-electron chi connectivity index (χ1n) is 10.7. The lowest BCUT2D eigenvalue weighted by atomic mass is 9.75. The van der Waals surface area contributed by atoms with Crippen molar-refractivity contribution in [2.45, 2.75) is 45.6 Å². The van der Waals surface area contributed by atoms with Crippen molar-refractivity contribution < 1.29 is 9.59 Å². The molecule has 1 aliphatic rings. The number of hydrogen-bond acceptors (Lipinski definition) is 2. The van der Waals surface area contributed by atoms with E-state index in [1.807, 2.05) is 74.5 Å². The fourth-order valence-corrected chi connectivity index (χ4v) is 4.28. The van der Waals surface area contributed by atoms with Crippen molar-refractivity contribution in [2.24, 2.45) is 0 Å². The predicted octanol–water partition coefficient (Wildman–Crippen LogP) is 5.70. The average molecular weight is 413 g/mol. The molecule has 0 saturated carbocycles. The summed E-state index contributed by atoms with van der Waals surface area (Å²) in [6.07, 6.45) is 0.139. The Morgan fingerprint density at radius 2 is 1.52 bits per heavy atom. The van der Waals surface area contributed by atoms with E-state index in [1.54, 1.807) is 4.90 Å². The summed E-state index contributed by atoms with van der Waals surface area (Å²) in [7, 11) is 0. The van der Waals surface area contributed by atoms with Gasteiger partial charge in [0.15, 0.2) is 5.54 Å². The van der Waals surface area contributed by atoms with Gasteiger partial charge in [-0.25, -0.2) is 0 Å². The maximum atomic E-state index is 13.8. The molecule has 2 amide bonds. The topological polar surface area (TPSA) is 49.4 Å². The Kier molecular flexibility index (Phi) is 5.40. The van der Waals surface area contributed by atoms with Crippen LogP contribution in [-0.2, 0) is 15.1 Å². The zero-order valence-electron chi connectivity index (χ0n) is 18.5. The molecule has 1 aliphatic heterocycles. The molecule has 1 unspecified atom stereocenters. The summed E-state index contributed by atoms with van der Waals surface area (Å²) in [6.45, 7) is 8.21. The van der Waals surface area contributed by atoms with Crippen molar-refractivity contribution in [3.63, 3.8) is 0 Å². The molecule has 0 spiro atoms. The highest BCUT2D eigenvalue weighted by Gasteiger charge is 2.58. The summed E-state index contributed by atoms with van der Waals surface area (Å²) in [6, 6.07) is 23.5. The van der Waals surface area contributed by atoms with E-state index in [2.05, 4.69) is 31.3 Å². The van der Waals surface area contributed by atoms with Gasteiger partial charge in [0.25, 0.3) is 5.91 Å². The highest BCUT2D eigenvalue weighted by Crippen LogP contribution is 2.47. The second-order valence-corrected chi connectivity index (χ2v) is 8.60. The van der Waals surface area contributed by atoms with Gasteiger partial charge in [-0.3, -0.25) is 14.5 Å². The van der Waals surface area contributed by atoms with Gasteiger partial charge in [-0.2, -0.15) is 0 Å². The van der Waals surface area contributed by atoms with Crippen molar-refractivity contribution in [3.8, 4) is 0 Å². The van der Waals surface area contributed by atoms with Gasteiger partial charge in [-0.1, -0.05) is 74.5 Å². The van der Waals surface area contributed by atoms with Gasteiger partial charge in [-0.15, -0.1) is 0 Å². The first-order valence-corrected chi connectivity index (χ1v) is 10.7. The number of aryl methyl sites for hydroxylation is 2. The number of carbonyl (C=O) groups is 2. The summed E-state index contributed by atoms with van der Waals surface area (Å²) < 4.78 is 0. The minimum absolute atomic E-state index is 0.0535. The Labute approximate surface area is 183 Å². The molecule has 0 aromatic heterocycles. The van der Waals surface area contributed by atoms with E-state index >= 15 is 0 Å². The number of β-lactam (4-membered cyclic amide) rings is 1. The highest BCUT2D eigenvalue weighted by atomic mass is 16.2. The summed E-state index contributed by atoms with van der Waals surface area (Å²) in [5, 5.41) is 3.10. The van der Waals surface area contributed by atoms with Crippen LogP contribution in [-0.4, -0.2) is 11.8 Å². The fraction of sp³-hybridized carbons (Fsp3) is 0.259. The van der Waals surface area contributed by atoms with Crippen molar-refractivity contribution in [3.05, 3.63) is 95.1 Å². The molecule has 1 fully saturated rings. The average Bonchev–Trinajstić information content (AvgIpc) is 2.75. The van der Waals surface area contributed by atoms with E-state index in [1.165, 1.54) is 5.56 Å². The van der Waals surface area contributed by atoms with Crippen LogP contribution in [0.1, 0.15) is 48.4 Å². The number of nitrogens with zero attached hydrogens (tertiary/aromatic N) is 1. The molecule has 1 saturated heterocycles. The molecule has 4 rings (SSSR count). The summed E-state index contributed by atoms with van der Waals surface area (Å²) in [4.78, 5) is 28.4. The third-order valence-electron chi connectivity index (χ3n) is 6.22. The number of nitrogens with one attached hydrogen (secondary N) is 1. The molecule has 4 nitrogen and oxygen atoms in total. The van der Waals surface area contributed by atoms with Crippen molar-refractivity contribution in [2.75, 3.05) is 10.2 Å². The second-order valence-electron chi connectivity index (χ2n) is 8.60. The van der Waals surface area contributed by atoms with Crippen LogP contribution in [0.15, 0.2) is 72.8 Å². The van der Waals surface area contributed by atoms with Gasteiger partial charge in [0.05, 0.1) is 6.42 Å². The van der Waals surface area contributed by atoms with E-state index < -0.39 is 5.54 Å². The minimum Gasteiger partial charge on any atom is -0.323 e. The van der Waals surface area contributed by atoms with Gasteiger partial charge in [0.1, 0.15) is 0 Å². The van der Waals surface area contributed by atoms with Gasteiger partial charge < -0.3 is 5.32 Å². The van der Waals surface area contributed by atoms with Crippen LogP contribution in [0.2, 0.25) is 0 Å². The zero-order chi connectivity index (χ0) is 22.2. The Balaban J connectivity index is 1.83. The molecule has 0 aliphatic carbocycles. The lowest BCUT2D eigenvalue weighted by molar-refractivity contribution is -0.137. The van der Waals surface area contributed by atoms with Gasteiger partial charge in [-0.05, 0) is 54.2 Å². The van der Waals surface area contributed by atoms with E-state index in [4.69, 9.17) is 0 Å². The zero-order valence-corrected chi connectivity index (χ0v) is 18.5. The Morgan fingerprint density at radius 3 is 2.10 bits per heavy atom. The van der Waals surface area contributed by atoms with E-state index in [-0.39, 0.29) is 18.2 Å². The van der Waals surface area contributed by atoms with Crippen LogP contribution in [0.5, 0.6) is 0 Å². The van der Waals surface area contributed by atoms with Crippen molar-refractivity contribution in [1.82, 2.24) is 0 Å². The third-order valence-corrected chi connectivity index (χ3v) is 6.22. The molecule has 1 heterocycles. The molecule has 3 aromatic carbocycles. The first-order chi connectivity index (χ1) is 14.8. The quantitative estimate of drug-likeness (QED) is 0.547. The maximum Gasteiger partial charge on any atom is 0.255 e. The summed E-state index contributed by atoms with van der Waals surface area (Å²) >= 11 is 0. The molecule has 0 radical (unpaired) electrons. The number of hydrogen-bond donors (Lipinski definition) is 1. The van der Waals surface area contributed by atoms with Gasteiger partial charge >= 0.3 is 0 Å². The Morgan fingerprint density at radius 1 is 0.903 bits per heavy atom. The standard InChI is InChI=1S/C27H28N2O2/c1-18(2)21-13-15-22(16-14-21)27(26(31)28-23-11-7-5-9-19(23)3)17-25(30)29(27)24-12-8-6-10-20(24)4/h5-16,18H,17H2,1-4H3,(H,28,31). The molecule has 1 atom stereocenters. The van der Waals surface area contributed by atoms with Crippen molar-refractivity contribution in [1.29, 1.82) is 0 Å². The summed E-state index contributed by atoms with van der Waals surface area (Å²) in [5.74, 6) is 0.144. The van der Waals surface area contributed by atoms with E-state index in [0.29, 0.717) is 5.92 Å². The van der Waals surface area contributed by atoms with Crippen LogP contribution >= 0.6 is 0 Å². The molecule has 31 heavy (non-hydrogen) atoms. The van der Waals surface area contributed by atoms with Crippen LogP contribution in [0, 0.1) is 13.8 Å². The molecule has 0 bridgehead atoms. The smallest absolute Gasteiger partial charge is 0.255 e. The van der Waals surface area contributed by atoms with E-state index in [9.17, 15) is 9.59 Å². The fourth-order valence-electron chi connectivity index (χ4n) is 4.28. The number of para-hydroxylation sites is 2. The lowest BCUT2D eigenvalue weighted by Crippen LogP contribution is -2.67. The van der Waals surface area contributed by atoms with E-state index in [0.717, 1.165) is 28.1 Å². The Bertz CT molecular complexity index is 1130. The van der Waals surface area contributed by atoms with Gasteiger partial charge in [0, 0.05) is 11.4 Å². The van der Waals surface area contributed by atoms with Gasteiger partial charge in [0.2, 0.25) is 5.91 Å². The number of rotatable bonds is 5. The first kappa shape index (κ1) is 20.9. The summed E-state index contributed by atoms with van der Waals surface area (Å²) in [5.41, 5.74) is 4.41. The molecular weight excluding hydrogens is 384 g/mol.